The molecule has 0 radical (unpaired) electrons. The average molecular weight is 548 g/mol. The minimum Gasteiger partial charge on any atom is -0.348 e. The molecule has 39 heavy (non-hydrogen) atoms. The highest BCUT2D eigenvalue weighted by Crippen LogP contribution is 2.34. The zero-order chi connectivity index (χ0) is 27.6. The molecular formula is C29H33N5O4S. The molecule has 1 saturated heterocycles. The second kappa shape index (κ2) is 10.9. The topological polar surface area (TPSA) is 125 Å². The van der Waals surface area contributed by atoms with Crippen LogP contribution in [0.4, 0.5) is 0 Å². The average Bonchev–Trinajstić information content (AvgIpc) is 2.95. The third-order valence-electron chi connectivity index (χ3n) is 8.24. The number of nitriles is 1. The lowest BCUT2D eigenvalue weighted by Gasteiger charge is -2.37. The van der Waals surface area contributed by atoms with Gasteiger partial charge in [-0.2, -0.15) is 5.26 Å². The molecule has 10 heteroatoms. The van der Waals surface area contributed by atoms with Crippen molar-refractivity contribution in [3.63, 3.8) is 0 Å². The maximum absolute atomic E-state index is 13.4. The number of piperidine rings is 1. The van der Waals surface area contributed by atoms with Crippen molar-refractivity contribution < 1.29 is 13.2 Å². The first kappa shape index (κ1) is 27.0. The number of nitrogens with one attached hydrogen (secondary N) is 1. The van der Waals surface area contributed by atoms with Gasteiger partial charge >= 0.3 is 0 Å². The van der Waals surface area contributed by atoms with Crippen LogP contribution in [0.5, 0.6) is 0 Å². The van der Waals surface area contributed by atoms with Gasteiger partial charge in [0.05, 0.1) is 22.5 Å². The van der Waals surface area contributed by atoms with Crippen molar-refractivity contribution >= 4 is 21.3 Å². The second-order valence-electron chi connectivity index (χ2n) is 10.8. The van der Waals surface area contributed by atoms with Gasteiger partial charge in [0.15, 0.2) is 9.84 Å². The molecule has 1 N–H and O–H groups in total. The number of carbonyl (C=O) groups is 1. The van der Waals surface area contributed by atoms with Crippen LogP contribution in [-0.2, 0) is 21.8 Å². The standard InChI is InChI=1S/C29H33N5O4S/c1-39(37,38)25-10-3-2-8-23(25)32-27(35)22-18-21(24-9-5-7-15-34(24)28(22)36)19-33-16-12-29(20-30,13-17-33)26-11-4-6-14-31-26/h4-7,9,11,14-15,18,23,25H,2-3,8,10,12-13,16-17,19H2,1H3,(H,32,35)/t23-,25-/m1/s1. The summed E-state index contributed by atoms with van der Waals surface area (Å²) in [6, 6.07) is 14.7. The molecule has 1 aliphatic carbocycles. The maximum Gasteiger partial charge on any atom is 0.267 e. The van der Waals surface area contributed by atoms with Gasteiger partial charge in [0, 0.05) is 44.3 Å². The van der Waals surface area contributed by atoms with Gasteiger partial charge in [-0.15, -0.1) is 0 Å². The van der Waals surface area contributed by atoms with Gasteiger partial charge in [0.2, 0.25) is 0 Å². The lowest BCUT2D eigenvalue weighted by atomic mass is 9.76. The Morgan fingerprint density at radius 2 is 1.90 bits per heavy atom. The van der Waals surface area contributed by atoms with E-state index >= 15 is 0 Å². The molecule has 2 fully saturated rings. The highest BCUT2D eigenvalue weighted by atomic mass is 32.2. The van der Waals surface area contributed by atoms with E-state index in [0.717, 1.165) is 24.1 Å². The van der Waals surface area contributed by atoms with E-state index in [1.54, 1.807) is 24.5 Å². The number of hydrogen-bond donors (Lipinski definition) is 1. The number of fused-ring (bicyclic) bond motifs is 1. The van der Waals surface area contributed by atoms with E-state index in [0.29, 0.717) is 50.8 Å². The zero-order valence-corrected chi connectivity index (χ0v) is 22.9. The van der Waals surface area contributed by atoms with Gasteiger partial charge in [0.25, 0.3) is 11.5 Å². The largest absolute Gasteiger partial charge is 0.348 e. The minimum atomic E-state index is -3.34. The SMILES string of the molecule is CS(=O)(=O)[C@@H]1CCCC[C@H]1NC(=O)c1cc(CN2CCC(C#N)(c3ccccn3)CC2)c2ccccn2c1=O. The molecule has 3 aromatic heterocycles. The zero-order valence-electron chi connectivity index (χ0n) is 22.0. The van der Waals surface area contributed by atoms with Crippen LogP contribution in [0.2, 0.25) is 0 Å². The molecule has 9 nitrogen and oxygen atoms in total. The summed E-state index contributed by atoms with van der Waals surface area (Å²) in [7, 11) is -3.34. The lowest BCUT2D eigenvalue weighted by Crippen LogP contribution is -2.49. The molecule has 0 unspecified atom stereocenters. The van der Waals surface area contributed by atoms with Crippen molar-refractivity contribution in [1.82, 2.24) is 19.6 Å². The van der Waals surface area contributed by atoms with Crippen molar-refractivity contribution in [3.05, 3.63) is 82.0 Å². The van der Waals surface area contributed by atoms with E-state index in [-0.39, 0.29) is 5.56 Å². The van der Waals surface area contributed by atoms with Crippen LogP contribution in [0.15, 0.2) is 59.7 Å². The van der Waals surface area contributed by atoms with E-state index in [9.17, 15) is 23.3 Å². The number of aromatic nitrogens is 2. The van der Waals surface area contributed by atoms with Crippen molar-refractivity contribution in [2.75, 3.05) is 19.3 Å². The van der Waals surface area contributed by atoms with Crippen LogP contribution in [0.3, 0.4) is 0 Å². The molecule has 2 aliphatic rings. The minimum absolute atomic E-state index is 0.00314. The van der Waals surface area contributed by atoms with Crippen molar-refractivity contribution in [2.24, 2.45) is 0 Å². The number of rotatable bonds is 6. The number of pyridine rings is 3. The first-order valence-corrected chi connectivity index (χ1v) is 15.4. The first-order valence-electron chi connectivity index (χ1n) is 13.4. The van der Waals surface area contributed by atoms with Crippen LogP contribution in [0.25, 0.3) is 5.52 Å². The van der Waals surface area contributed by atoms with E-state index in [2.05, 4.69) is 21.3 Å². The molecular weight excluding hydrogens is 514 g/mol. The van der Waals surface area contributed by atoms with Crippen molar-refractivity contribution in [1.29, 1.82) is 5.26 Å². The molecule has 0 bridgehead atoms. The number of hydrogen-bond acceptors (Lipinski definition) is 7. The summed E-state index contributed by atoms with van der Waals surface area (Å²) in [5.74, 6) is -0.544. The van der Waals surface area contributed by atoms with E-state index in [1.165, 1.54) is 10.7 Å². The summed E-state index contributed by atoms with van der Waals surface area (Å²) in [5.41, 5.74) is 1.27. The summed E-state index contributed by atoms with van der Waals surface area (Å²) < 4.78 is 26.2. The monoisotopic (exact) mass is 547 g/mol. The Balaban J connectivity index is 1.40. The number of carbonyl (C=O) groups excluding carboxylic acids is 1. The number of amides is 1. The maximum atomic E-state index is 13.4. The Bertz CT molecular complexity index is 1570. The summed E-state index contributed by atoms with van der Waals surface area (Å²) >= 11 is 0. The quantitative estimate of drug-likeness (QED) is 0.503. The van der Waals surface area contributed by atoms with Crippen molar-refractivity contribution in [2.45, 2.75) is 61.8 Å². The predicted molar refractivity (Wildman–Crippen MR) is 148 cm³/mol. The van der Waals surface area contributed by atoms with Crippen LogP contribution >= 0.6 is 0 Å². The molecule has 3 aromatic rings. The second-order valence-corrected chi connectivity index (χ2v) is 13.0. The first-order chi connectivity index (χ1) is 18.7. The fourth-order valence-corrected chi connectivity index (χ4v) is 7.43. The lowest BCUT2D eigenvalue weighted by molar-refractivity contribution is 0.0927. The van der Waals surface area contributed by atoms with Crippen LogP contribution in [0, 0.1) is 11.3 Å². The molecule has 2 atom stereocenters. The molecule has 0 spiro atoms. The van der Waals surface area contributed by atoms with E-state index in [4.69, 9.17) is 0 Å². The van der Waals surface area contributed by atoms with Crippen molar-refractivity contribution in [3.8, 4) is 6.07 Å². The van der Waals surface area contributed by atoms with E-state index in [1.807, 2.05) is 30.3 Å². The van der Waals surface area contributed by atoms with Gasteiger partial charge in [-0.05, 0) is 61.6 Å². The van der Waals surface area contributed by atoms with Crippen LogP contribution in [-0.4, -0.2) is 59.2 Å². The Morgan fingerprint density at radius 1 is 1.15 bits per heavy atom. The van der Waals surface area contributed by atoms with Gasteiger partial charge in [-0.25, -0.2) is 8.42 Å². The predicted octanol–water partition coefficient (Wildman–Crippen LogP) is 2.84. The molecule has 1 amide bonds. The summed E-state index contributed by atoms with van der Waals surface area (Å²) in [5, 5.41) is 12.2. The summed E-state index contributed by atoms with van der Waals surface area (Å²) in [6.07, 6.45) is 8.54. The smallest absolute Gasteiger partial charge is 0.267 e. The Hall–Kier alpha value is -3.55. The highest BCUT2D eigenvalue weighted by Gasteiger charge is 2.38. The highest BCUT2D eigenvalue weighted by molar-refractivity contribution is 7.91. The molecule has 4 heterocycles. The van der Waals surface area contributed by atoms with Crippen LogP contribution < -0.4 is 10.9 Å². The fourth-order valence-electron chi connectivity index (χ4n) is 6.04. The van der Waals surface area contributed by atoms with Gasteiger partial charge < -0.3 is 5.32 Å². The Labute approximate surface area is 228 Å². The molecule has 1 saturated carbocycles. The number of nitrogens with zero attached hydrogens (tertiary/aromatic N) is 4. The fraction of sp³-hybridized carbons (Fsp3) is 0.448. The van der Waals surface area contributed by atoms with Gasteiger partial charge in [0.1, 0.15) is 11.0 Å². The third kappa shape index (κ3) is 5.47. The normalized spacial score (nSPS) is 21.7. The van der Waals surface area contributed by atoms with E-state index < -0.39 is 38.0 Å². The molecule has 204 valence electrons. The molecule has 1 aliphatic heterocycles. The summed E-state index contributed by atoms with van der Waals surface area (Å²) in [4.78, 5) is 33.4. The van der Waals surface area contributed by atoms with Gasteiger partial charge in [-0.1, -0.05) is 25.0 Å². The summed E-state index contributed by atoms with van der Waals surface area (Å²) in [6.45, 7) is 1.84. The Morgan fingerprint density at radius 3 is 2.59 bits per heavy atom. The molecule has 5 rings (SSSR count). The molecule has 0 aromatic carbocycles. The number of likely N-dealkylation sites (tertiary alicyclic amines) is 1. The van der Waals surface area contributed by atoms with Crippen LogP contribution in [0.1, 0.15) is 60.1 Å². The Kier molecular flexibility index (Phi) is 7.56. The van der Waals surface area contributed by atoms with Gasteiger partial charge in [-0.3, -0.25) is 23.9 Å². The number of sulfone groups is 1. The third-order valence-corrected chi connectivity index (χ3v) is 9.91.